The van der Waals surface area contributed by atoms with E-state index in [-0.39, 0.29) is 5.41 Å². The van der Waals surface area contributed by atoms with Crippen LogP contribution in [0, 0.1) is 0 Å². The number of nitrogens with zero attached hydrogens (tertiary/aromatic N) is 1. The summed E-state index contributed by atoms with van der Waals surface area (Å²) in [7, 11) is 0. The molecule has 0 aliphatic heterocycles. The van der Waals surface area contributed by atoms with Crippen molar-refractivity contribution in [2.24, 2.45) is 0 Å². The molecule has 1 aliphatic carbocycles. The van der Waals surface area contributed by atoms with Gasteiger partial charge in [-0.3, -0.25) is 0 Å². The summed E-state index contributed by atoms with van der Waals surface area (Å²) in [6, 6.07) is 54.7. The van der Waals surface area contributed by atoms with Crippen LogP contribution < -0.4 is 4.90 Å². The van der Waals surface area contributed by atoms with Gasteiger partial charge in [0, 0.05) is 22.2 Å². The minimum atomic E-state index is -0.109. The highest BCUT2D eigenvalue weighted by atomic mass is 16.3. The second-order valence-electron chi connectivity index (χ2n) is 12.6. The molecular weight excluding hydrogens is 546 g/mol. The molecule has 0 bridgehead atoms. The summed E-state index contributed by atoms with van der Waals surface area (Å²) >= 11 is 0. The van der Waals surface area contributed by atoms with Crippen molar-refractivity contribution in [3.05, 3.63) is 163 Å². The molecule has 8 aromatic rings. The normalized spacial score (nSPS) is 13.3. The molecule has 0 atom stereocenters. The van der Waals surface area contributed by atoms with Crippen molar-refractivity contribution in [3.8, 4) is 22.3 Å². The topological polar surface area (TPSA) is 16.4 Å². The highest BCUT2D eigenvalue weighted by Gasteiger charge is 2.37. The summed E-state index contributed by atoms with van der Waals surface area (Å²) in [5, 5.41) is 4.67. The van der Waals surface area contributed by atoms with Crippen molar-refractivity contribution in [3.63, 3.8) is 0 Å². The number of rotatable bonds is 4. The number of benzene rings is 7. The molecule has 1 aromatic heterocycles. The van der Waals surface area contributed by atoms with E-state index in [2.05, 4.69) is 164 Å². The van der Waals surface area contributed by atoms with Gasteiger partial charge in [-0.25, -0.2) is 0 Å². The summed E-state index contributed by atoms with van der Waals surface area (Å²) in [6.07, 6.45) is 0. The van der Waals surface area contributed by atoms with Gasteiger partial charge in [0.15, 0.2) is 0 Å². The maximum Gasteiger partial charge on any atom is 0.137 e. The summed E-state index contributed by atoms with van der Waals surface area (Å²) in [5.74, 6) is 0. The Labute approximate surface area is 262 Å². The molecule has 1 heterocycles. The summed E-state index contributed by atoms with van der Waals surface area (Å²) in [4.78, 5) is 2.41. The third-order valence-electron chi connectivity index (χ3n) is 9.64. The first-order valence-corrected chi connectivity index (χ1v) is 15.6. The maximum absolute atomic E-state index is 6.37. The first-order chi connectivity index (χ1) is 22.1. The second-order valence-corrected chi connectivity index (χ2v) is 12.6. The average molecular weight is 578 g/mol. The molecule has 0 amide bonds. The Morgan fingerprint density at radius 2 is 1.22 bits per heavy atom. The van der Waals surface area contributed by atoms with Crippen molar-refractivity contribution in [1.29, 1.82) is 0 Å². The van der Waals surface area contributed by atoms with Gasteiger partial charge in [-0.05, 0) is 86.6 Å². The molecule has 0 spiro atoms. The Bertz CT molecular complexity index is 2410. The van der Waals surface area contributed by atoms with Crippen molar-refractivity contribution < 1.29 is 4.42 Å². The molecule has 7 aromatic carbocycles. The van der Waals surface area contributed by atoms with Crippen LogP contribution in [0.15, 0.2) is 156 Å². The molecule has 9 rings (SSSR count). The lowest BCUT2D eigenvalue weighted by molar-refractivity contribution is 0.660. The lowest BCUT2D eigenvalue weighted by Gasteiger charge is -2.28. The first kappa shape index (κ1) is 25.9. The lowest BCUT2D eigenvalue weighted by atomic mass is 9.82. The Hall–Kier alpha value is -5.60. The lowest BCUT2D eigenvalue weighted by Crippen LogP contribution is -2.15. The van der Waals surface area contributed by atoms with E-state index in [0.29, 0.717) is 0 Å². The molecule has 45 heavy (non-hydrogen) atoms. The smallest absolute Gasteiger partial charge is 0.137 e. The van der Waals surface area contributed by atoms with Gasteiger partial charge in [-0.15, -0.1) is 0 Å². The van der Waals surface area contributed by atoms with Crippen LogP contribution >= 0.6 is 0 Å². The monoisotopic (exact) mass is 577 g/mol. The van der Waals surface area contributed by atoms with Crippen molar-refractivity contribution in [2.75, 3.05) is 4.90 Å². The van der Waals surface area contributed by atoms with Crippen LogP contribution in [0.4, 0.5) is 17.1 Å². The van der Waals surface area contributed by atoms with Crippen molar-refractivity contribution in [1.82, 2.24) is 0 Å². The molecule has 2 heteroatoms. The Morgan fingerprint density at radius 1 is 0.511 bits per heavy atom. The van der Waals surface area contributed by atoms with Gasteiger partial charge in [0.1, 0.15) is 11.2 Å². The van der Waals surface area contributed by atoms with Gasteiger partial charge in [-0.2, -0.15) is 0 Å². The average Bonchev–Trinajstić information content (AvgIpc) is 3.58. The summed E-state index contributed by atoms with van der Waals surface area (Å²) in [6.45, 7) is 4.71. The predicted octanol–water partition coefficient (Wildman–Crippen LogP) is 12.2. The maximum atomic E-state index is 6.37. The van der Waals surface area contributed by atoms with E-state index in [9.17, 15) is 0 Å². The second kappa shape index (κ2) is 9.70. The van der Waals surface area contributed by atoms with Crippen LogP contribution in [0.3, 0.4) is 0 Å². The van der Waals surface area contributed by atoms with E-state index in [4.69, 9.17) is 4.42 Å². The molecule has 0 radical (unpaired) electrons. The SMILES string of the molecule is CC1(C)c2ccc(N(c3ccc4ccccc4c3)c3cccc4oc5ccccc5c34)cc2-c2c(-c3ccccc3)cccc21. The van der Waals surface area contributed by atoms with E-state index < -0.39 is 0 Å². The molecule has 0 saturated carbocycles. The summed E-state index contributed by atoms with van der Waals surface area (Å²) in [5.41, 5.74) is 12.9. The minimum Gasteiger partial charge on any atom is -0.456 e. The van der Waals surface area contributed by atoms with Crippen LogP contribution in [-0.2, 0) is 5.41 Å². The van der Waals surface area contributed by atoms with Crippen LogP contribution in [0.1, 0.15) is 25.0 Å². The van der Waals surface area contributed by atoms with Crippen LogP contribution in [0.5, 0.6) is 0 Å². The fraction of sp³-hybridized carbons (Fsp3) is 0.0698. The van der Waals surface area contributed by atoms with E-state index >= 15 is 0 Å². The standard InChI is InChI=1S/C43H31NO/c1-43(2)36-25-24-32(27-35(36)41-33(17-10-18-37(41)43)29-13-4-3-5-14-29)44(31-23-22-28-12-6-7-15-30(28)26-31)38-19-11-21-40-42(38)34-16-8-9-20-39(34)45-40/h3-27H,1-2H3. The number of anilines is 3. The van der Waals surface area contributed by atoms with Gasteiger partial charge in [0.2, 0.25) is 0 Å². The minimum absolute atomic E-state index is 0.109. The molecule has 0 saturated heterocycles. The summed E-state index contributed by atoms with van der Waals surface area (Å²) < 4.78 is 6.37. The zero-order valence-electron chi connectivity index (χ0n) is 25.3. The molecule has 0 N–H and O–H groups in total. The Morgan fingerprint density at radius 3 is 2.11 bits per heavy atom. The highest BCUT2D eigenvalue weighted by Crippen LogP contribution is 2.54. The van der Waals surface area contributed by atoms with E-state index in [0.717, 1.165) is 39.0 Å². The number of hydrogen-bond acceptors (Lipinski definition) is 2. The van der Waals surface area contributed by atoms with Gasteiger partial charge >= 0.3 is 0 Å². The molecule has 1 aliphatic rings. The van der Waals surface area contributed by atoms with E-state index in [1.807, 2.05) is 6.07 Å². The molecule has 214 valence electrons. The number of para-hydroxylation sites is 1. The molecule has 0 fully saturated rings. The van der Waals surface area contributed by atoms with E-state index in [1.165, 1.54) is 44.2 Å². The van der Waals surface area contributed by atoms with Gasteiger partial charge in [-0.1, -0.05) is 123 Å². The van der Waals surface area contributed by atoms with Crippen LogP contribution in [0.25, 0.3) is 55.0 Å². The fourth-order valence-electron chi connectivity index (χ4n) is 7.48. The molecule has 0 unspecified atom stereocenters. The van der Waals surface area contributed by atoms with Gasteiger partial charge in [0.05, 0.1) is 11.1 Å². The third kappa shape index (κ3) is 3.89. The van der Waals surface area contributed by atoms with Crippen molar-refractivity contribution in [2.45, 2.75) is 19.3 Å². The largest absolute Gasteiger partial charge is 0.456 e. The number of fused-ring (bicyclic) bond motifs is 7. The predicted molar refractivity (Wildman–Crippen MR) is 189 cm³/mol. The highest BCUT2D eigenvalue weighted by molar-refractivity contribution is 6.13. The fourth-order valence-corrected chi connectivity index (χ4v) is 7.48. The Kier molecular flexibility index (Phi) is 5.58. The number of hydrogen-bond donors (Lipinski definition) is 0. The molecule has 2 nitrogen and oxygen atoms in total. The molecular formula is C43H31NO. The van der Waals surface area contributed by atoms with E-state index in [1.54, 1.807) is 0 Å². The van der Waals surface area contributed by atoms with Crippen LogP contribution in [0.2, 0.25) is 0 Å². The van der Waals surface area contributed by atoms with Gasteiger partial charge in [0.25, 0.3) is 0 Å². The zero-order chi connectivity index (χ0) is 30.1. The van der Waals surface area contributed by atoms with Crippen molar-refractivity contribution >= 4 is 49.8 Å². The zero-order valence-corrected chi connectivity index (χ0v) is 25.3. The third-order valence-corrected chi connectivity index (χ3v) is 9.64. The van der Waals surface area contributed by atoms with Gasteiger partial charge < -0.3 is 9.32 Å². The van der Waals surface area contributed by atoms with Crippen LogP contribution in [-0.4, -0.2) is 0 Å². The number of furan rings is 1. The Balaban J connectivity index is 1.33. The first-order valence-electron chi connectivity index (χ1n) is 15.6. The quantitative estimate of drug-likeness (QED) is 0.207.